The van der Waals surface area contributed by atoms with E-state index in [9.17, 15) is 10.2 Å². The zero-order valence-corrected chi connectivity index (χ0v) is 9.00. The molecule has 0 aliphatic heterocycles. The van der Waals surface area contributed by atoms with Gasteiger partial charge in [-0.15, -0.1) is 0 Å². The van der Waals surface area contributed by atoms with Crippen LogP contribution in [0, 0.1) is 6.92 Å². The van der Waals surface area contributed by atoms with Crippen molar-refractivity contribution in [2.75, 3.05) is 7.11 Å². The normalized spacial score (nSPS) is 12.9. The van der Waals surface area contributed by atoms with E-state index in [1.54, 1.807) is 13.0 Å². The predicted molar refractivity (Wildman–Crippen MR) is 52.5 cm³/mol. The van der Waals surface area contributed by atoms with E-state index < -0.39 is 6.29 Å². The molecule has 0 heterocycles. The number of aliphatic hydroxyl groups is 1. The van der Waals surface area contributed by atoms with Crippen molar-refractivity contribution >= 4 is 15.9 Å². The second kappa shape index (κ2) is 4.09. The molecule has 13 heavy (non-hydrogen) atoms. The smallest absolute Gasteiger partial charge is 0.184 e. The van der Waals surface area contributed by atoms with E-state index in [4.69, 9.17) is 4.74 Å². The minimum Gasteiger partial charge on any atom is -0.507 e. The summed E-state index contributed by atoms with van der Waals surface area (Å²) in [5, 5.41) is 18.9. The molecule has 3 nitrogen and oxygen atoms in total. The van der Waals surface area contributed by atoms with Crippen LogP contribution in [0.5, 0.6) is 5.75 Å². The monoisotopic (exact) mass is 246 g/mol. The standard InChI is InChI=1S/C9H11BrO3/c1-5-6(10)3-4-7(11)8(5)9(12)13-2/h3-4,9,11-12H,1-2H3. The maximum absolute atomic E-state index is 9.46. The summed E-state index contributed by atoms with van der Waals surface area (Å²) in [6.45, 7) is 1.79. The number of benzene rings is 1. The summed E-state index contributed by atoms with van der Waals surface area (Å²) in [5.74, 6) is 0.0371. The van der Waals surface area contributed by atoms with Gasteiger partial charge in [-0.25, -0.2) is 0 Å². The van der Waals surface area contributed by atoms with E-state index in [0.29, 0.717) is 5.56 Å². The van der Waals surface area contributed by atoms with E-state index in [2.05, 4.69) is 15.9 Å². The van der Waals surface area contributed by atoms with Gasteiger partial charge in [0, 0.05) is 11.6 Å². The molecule has 2 N–H and O–H groups in total. The summed E-state index contributed by atoms with van der Waals surface area (Å²) in [7, 11) is 1.38. The predicted octanol–water partition coefficient (Wildman–Crippen LogP) is 2.10. The summed E-state index contributed by atoms with van der Waals surface area (Å²) >= 11 is 3.30. The Morgan fingerprint density at radius 3 is 2.62 bits per heavy atom. The Kier molecular flexibility index (Phi) is 3.30. The number of hydrogen-bond acceptors (Lipinski definition) is 3. The molecule has 1 atom stereocenters. The molecule has 0 fully saturated rings. The van der Waals surface area contributed by atoms with Gasteiger partial charge in [0.05, 0.1) is 5.56 Å². The second-order valence-corrected chi connectivity index (χ2v) is 3.55. The molecular formula is C9H11BrO3. The van der Waals surface area contributed by atoms with E-state index in [0.717, 1.165) is 10.0 Å². The highest BCUT2D eigenvalue weighted by Gasteiger charge is 2.15. The first-order valence-electron chi connectivity index (χ1n) is 3.76. The van der Waals surface area contributed by atoms with Gasteiger partial charge in [0.1, 0.15) is 5.75 Å². The SMILES string of the molecule is COC(O)c1c(O)ccc(Br)c1C. The molecule has 1 aromatic carbocycles. The number of aromatic hydroxyl groups is 1. The van der Waals surface area contributed by atoms with Gasteiger partial charge < -0.3 is 14.9 Å². The lowest BCUT2D eigenvalue weighted by Gasteiger charge is -2.14. The maximum atomic E-state index is 9.46. The zero-order valence-electron chi connectivity index (χ0n) is 7.41. The average Bonchev–Trinajstić information content (AvgIpc) is 2.12. The zero-order chi connectivity index (χ0) is 10.0. The van der Waals surface area contributed by atoms with E-state index >= 15 is 0 Å². The molecular weight excluding hydrogens is 236 g/mol. The van der Waals surface area contributed by atoms with Crippen molar-refractivity contribution in [1.82, 2.24) is 0 Å². The maximum Gasteiger partial charge on any atom is 0.184 e. The number of phenolic OH excluding ortho intramolecular Hbond substituents is 1. The van der Waals surface area contributed by atoms with Crippen LogP contribution in [0.15, 0.2) is 16.6 Å². The second-order valence-electron chi connectivity index (χ2n) is 2.69. The Hall–Kier alpha value is -0.580. The van der Waals surface area contributed by atoms with Crippen LogP contribution in [-0.4, -0.2) is 17.3 Å². The molecule has 0 aliphatic rings. The highest BCUT2D eigenvalue weighted by Crippen LogP contribution is 2.32. The highest BCUT2D eigenvalue weighted by molar-refractivity contribution is 9.10. The summed E-state index contributed by atoms with van der Waals surface area (Å²) < 4.78 is 5.56. The first-order valence-corrected chi connectivity index (χ1v) is 4.56. The minimum atomic E-state index is -1.09. The van der Waals surface area contributed by atoms with Gasteiger partial charge in [0.25, 0.3) is 0 Å². The van der Waals surface area contributed by atoms with Gasteiger partial charge in [0.15, 0.2) is 6.29 Å². The Morgan fingerprint density at radius 1 is 1.46 bits per heavy atom. The van der Waals surface area contributed by atoms with E-state index in [1.807, 2.05) is 0 Å². The van der Waals surface area contributed by atoms with Gasteiger partial charge >= 0.3 is 0 Å². The average molecular weight is 247 g/mol. The number of ether oxygens (including phenoxy) is 1. The Labute approximate surface area is 85.1 Å². The fourth-order valence-electron chi connectivity index (χ4n) is 1.12. The van der Waals surface area contributed by atoms with Gasteiger partial charge in [-0.3, -0.25) is 0 Å². The lowest BCUT2D eigenvalue weighted by atomic mass is 10.1. The van der Waals surface area contributed by atoms with Crippen molar-refractivity contribution in [2.24, 2.45) is 0 Å². The number of methoxy groups -OCH3 is 1. The van der Waals surface area contributed by atoms with E-state index in [1.165, 1.54) is 13.2 Å². The summed E-state index contributed by atoms with van der Waals surface area (Å²) in [6, 6.07) is 3.23. The molecule has 0 spiro atoms. The van der Waals surface area contributed by atoms with Crippen LogP contribution in [0.3, 0.4) is 0 Å². The van der Waals surface area contributed by atoms with Crippen LogP contribution in [0.25, 0.3) is 0 Å². The topological polar surface area (TPSA) is 49.7 Å². The molecule has 1 rings (SSSR count). The largest absolute Gasteiger partial charge is 0.507 e. The third-order valence-corrected chi connectivity index (χ3v) is 2.76. The Balaban J connectivity index is 3.25. The fourth-order valence-corrected chi connectivity index (χ4v) is 1.46. The molecule has 0 radical (unpaired) electrons. The lowest BCUT2D eigenvalue weighted by molar-refractivity contribution is -0.0785. The van der Waals surface area contributed by atoms with Crippen molar-refractivity contribution in [3.05, 3.63) is 27.7 Å². The molecule has 0 amide bonds. The lowest BCUT2D eigenvalue weighted by Crippen LogP contribution is -2.02. The molecule has 0 aromatic heterocycles. The number of aliphatic hydroxyl groups excluding tert-OH is 1. The Bertz CT molecular complexity index is 312. The number of hydrogen-bond donors (Lipinski definition) is 2. The fraction of sp³-hybridized carbons (Fsp3) is 0.333. The van der Waals surface area contributed by atoms with Gasteiger partial charge in [-0.1, -0.05) is 15.9 Å². The van der Waals surface area contributed by atoms with Crippen LogP contribution in [0.4, 0.5) is 0 Å². The first-order chi connectivity index (χ1) is 6.07. The highest BCUT2D eigenvalue weighted by atomic mass is 79.9. The number of halogens is 1. The Morgan fingerprint density at radius 2 is 2.08 bits per heavy atom. The molecule has 0 aliphatic carbocycles. The molecule has 4 heteroatoms. The molecule has 0 saturated heterocycles. The molecule has 1 unspecified atom stereocenters. The van der Waals surface area contributed by atoms with Crippen LogP contribution in [-0.2, 0) is 4.74 Å². The molecule has 0 saturated carbocycles. The molecule has 1 aromatic rings. The van der Waals surface area contributed by atoms with Gasteiger partial charge in [0.2, 0.25) is 0 Å². The summed E-state index contributed by atoms with van der Waals surface area (Å²) in [4.78, 5) is 0. The van der Waals surface area contributed by atoms with Crippen LogP contribution < -0.4 is 0 Å². The van der Waals surface area contributed by atoms with E-state index in [-0.39, 0.29) is 5.75 Å². The van der Waals surface area contributed by atoms with Crippen LogP contribution >= 0.6 is 15.9 Å². The first kappa shape index (κ1) is 10.5. The quantitative estimate of drug-likeness (QED) is 0.787. The van der Waals surface area contributed by atoms with Gasteiger partial charge in [-0.05, 0) is 24.6 Å². The minimum absolute atomic E-state index is 0.0371. The van der Waals surface area contributed by atoms with Crippen LogP contribution in [0.2, 0.25) is 0 Å². The van der Waals surface area contributed by atoms with Crippen molar-refractivity contribution < 1.29 is 14.9 Å². The van der Waals surface area contributed by atoms with Crippen molar-refractivity contribution in [1.29, 1.82) is 0 Å². The summed E-state index contributed by atoms with van der Waals surface area (Å²) in [5.41, 5.74) is 1.17. The number of rotatable bonds is 2. The number of phenols is 1. The molecule has 72 valence electrons. The van der Waals surface area contributed by atoms with Crippen LogP contribution in [0.1, 0.15) is 17.4 Å². The van der Waals surface area contributed by atoms with Crippen molar-refractivity contribution in [3.8, 4) is 5.75 Å². The summed E-state index contributed by atoms with van der Waals surface area (Å²) in [6.07, 6.45) is -1.09. The molecule has 0 bridgehead atoms. The van der Waals surface area contributed by atoms with Crippen molar-refractivity contribution in [2.45, 2.75) is 13.2 Å². The van der Waals surface area contributed by atoms with Crippen molar-refractivity contribution in [3.63, 3.8) is 0 Å². The third-order valence-electron chi connectivity index (χ3n) is 1.90. The third kappa shape index (κ3) is 2.02. The van der Waals surface area contributed by atoms with Gasteiger partial charge in [-0.2, -0.15) is 0 Å².